The molecule has 0 saturated carbocycles. The molecule has 2 aromatic carbocycles. The summed E-state index contributed by atoms with van der Waals surface area (Å²) in [6, 6.07) is 13.7. The monoisotopic (exact) mass is 442 g/mol. The summed E-state index contributed by atoms with van der Waals surface area (Å²) in [5.74, 6) is -0.217. The number of rotatable bonds is 7. The van der Waals surface area contributed by atoms with Gasteiger partial charge in [0.1, 0.15) is 0 Å². The van der Waals surface area contributed by atoms with Crippen molar-refractivity contribution in [1.29, 1.82) is 0 Å². The molecular formula is C22H26N4O4S. The molecule has 0 radical (unpaired) electrons. The second kappa shape index (κ2) is 9.01. The molecule has 8 nitrogen and oxygen atoms in total. The molecule has 1 aromatic heterocycles. The van der Waals surface area contributed by atoms with E-state index in [0.29, 0.717) is 12.1 Å². The number of hydrogen-bond acceptors (Lipinski definition) is 5. The lowest BCUT2D eigenvalue weighted by molar-refractivity contribution is 0.0784. The van der Waals surface area contributed by atoms with Crippen LogP contribution in [0, 0.1) is 20.8 Å². The van der Waals surface area contributed by atoms with Gasteiger partial charge in [0.15, 0.2) is 0 Å². The van der Waals surface area contributed by atoms with Gasteiger partial charge in [0, 0.05) is 30.4 Å². The summed E-state index contributed by atoms with van der Waals surface area (Å²) in [6.07, 6.45) is 0. The van der Waals surface area contributed by atoms with E-state index >= 15 is 0 Å². The van der Waals surface area contributed by atoms with Gasteiger partial charge in [-0.05, 0) is 56.7 Å². The average Bonchev–Trinajstić information content (AvgIpc) is 3.01. The number of carbonyl (C=O) groups excluding carboxylic acids is 1. The van der Waals surface area contributed by atoms with Gasteiger partial charge in [-0.3, -0.25) is 9.63 Å². The zero-order valence-electron chi connectivity index (χ0n) is 18.2. The van der Waals surface area contributed by atoms with E-state index < -0.39 is 10.0 Å². The fourth-order valence-corrected chi connectivity index (χ4v) is 4.21. The van der Waals surface area contributed by atoms with Crippen LogP contribution in [0.25, 0.3) is 5.69 Å². The van der Waals surface area contributed by atoms with Gasteiger partial charge >= 0.3 is 0 Å². The first-order chi connectivity index (χ1) is 14.7. The Bertz CT molecular complexity index is 1200. The third kappa shape index (κ3) is 4.68. The van der Waals surface area contributed by atoms with Gasteiger partial charge in [0.05, 0.1) is 23.4 Å². The van der Waals surface area contributed by atoms with E-state index in [1.54, 1.807) is 11.9 Å². The van der Waals surface area contributed by atoms with Crippen LogP contribution < -0.4 is 4.89 Å². The third-order valence-corrected chi connectivity index (χ3v) is 6.41. The van der Waals surface area contributed by atoms with Gasteiger partial charge in [-0.15, -0.1) is 0 Å². The lowest BCUT2D eigenvalue weighted by Gasteiger charge is -2.18. The Morgan fingerprint density at radius 3 is 2.35 bits per heavy atom. The van der Waals surface area contributed by atoms with Crippen molar-refractivity contribution < 1.29 is 18.0 Å². The van der Waals surface area contributed by atoms with Crippen LogP contribution >= 0.6 is 0 Å². The predicted molar refractivity (Wildman–Crippen MR) is 117 cm³/mol. The number of amides is 1. The van der Waals surface area contributed by atoms with Crippen molar-refractivity contribution in [2.24, 2.45) is 0 Å². The van der Waals surface area contributed by atoms with Crippen LogP contribution in [-0.2, 0) is 21.4 Å². The van der Waals surface area contributed by atoms with Crippen molar-refractivity contribution in [2.75, 3.05) is 14.2 Å². The van der Waals surface area contributed by atoms with Crippen molar-refractivity contribution in [2.45, 2.75) is 32.2 Å². The summed E-state index contributed by atoms with van der Waals surface area (Å²) >= 11 is 0. The quantitative estimate of drug-likeness (QED) is 0.568. The number of aryl methyl sites for hydroxylation is 2. The van der Waals surface area contributed by atoms with Gasteiger partial charge in [0.25, 0.3) is 15.9 Å². The van der Waals surface area contributed by atoms with E-state index in [-0.39, 0.29) is 10.8 Å². The summed E-state index contributed by atoms with van der Waals surface area (Å²) in [4.78, 5) is 20.9. The van der Waals surface area contributed by atoms with E-state index in [0.717, 1.165) is 28.2 Å². The number of carbonyl (C=O) groups is 1. The van der Waals surface area contributed by atoms with Gasteiger partial charge in [-0.25, -0.2) is 13.1 Å². The Morgan fingerprint density at radius 1 is 1.10 bits per heavy atom. The number of aromatic nitrogens is 2. The number of sulfonamides is 1. The van der Waals surface area contributed by atoms with Crippen molar-refractivity contribution in [3.05, 3.63) is 76.6 Å². The molecule has 1 heterocycles. The zero-order chi connectivity index (χ0) is 22.8. The summed E-state index contributed by atoms with van der Waals surface area (Å²) in [6.45, 7) is 6.33. The van der Waals surface area contributed by atoms with Gasteiger partial charge in [-0.2, -0.15) is 5.10 Å². The maximum absolute atomic E-state index is 12.9. The Balaban J connectivity index is 1.81. The molecule has 0 spiro atoms. The van der Waals surface area contributed by atoms with Crippen LogP contribution in [0.1, 0.15) is 32.9 Å². The normalized spacial score (nSPS) is 11.5. The number of benzene rings is 2. The summed E-state index contributed by atoms with van der Waals surface area (Å²) < 4.78 is 25.8. The number of nitrogens with zero attached hydrogens (tertiary/aromatic N) is 3. The summed E-state index contributed by atoms with van der Waals surface area (Å²) in [5, 5.41) is 4.68. The fraction of sp³-hybridized carbons (Fsp3) is 0.273. The Hall–Kier alpha value is -3.01. The van der Waals surface area contributed by atoms with Crippen molar-refractivity contribution >= 4 is 15.9 Å². The largest absolute Gasteiger partial charge is 0.337 e. The highest BCUT2D eigenvalue weighted by molar-refractivity contribution is 7.89. The standard InChI is InChI=1S/C22H26N4O4S/c1-15-8-6-7-9-21(15)26-17(3)20(16(2)23-26)14-25(4)22(27)18-10-12-19(13-11-18)31(28,29)24-30-5/h6-13,24H,14H2,1-5H3. The van der Waals surface area contributed by atoms with Gasteiger partial charge in [0.2, 0.25) is 0 Å². The molecule has 164 valence electrons. The molecule has 0 atom stereocenters. The predicted octanol–water partition coefficient (Wildman–Crippen LogP) is 2.91. The second-order valence-corrected chi connectivity index (χ2v) is 8.97. The summed E-state index contributed by atoms with van der Waals surface area (Å²) in [7, 11) is -0.839. The molecule has 0 saturated heterocycles. The SMILES string of the molecule is CONS(=O)(=O)c1ccc(C(=O)N(C)Cc2c(C)nn(-c3ccccc3C)c2C)cc1. The van der Waals surface area contributed by atoms with Crippen molar-refractivity contribution in [3.8, 4) is 5.69 Å². The highest BCUT2D eigenvalue weighted by Gasteiger charge is 2.20. The average molecular weight is 443 g/mol. The molecule has 3 aromatic rings. The zero-order valence-corrected chi connectivity index (χ0v) is 19.0. The molecule has 0 unspecified atom stereocenters. The first-order valence-electron chi connectivity index (χ1n) is 9.67. The molecule has 0 aliphatic carbocycles. The number of hydrogen-bond donors (Lipinski definition) is 1. The molecule has 0 aliphatic heterocycles. The minimum Gasteiger partial charge on any atom is -0.337 e. The lowest BCUT2D eigenvalue weighted by Crippen LogP contribution is -2.27. The maximum Gasteiger partial charge on any atom is 0.262 e. The molecule has 0 bridgehead atoms. The molecule has 9 heteroatoms. The van der Waals surface area contributed by atoms with Crippen LogP contribution in [0.3, 0.4) is 0 Å². The second-order valence-electron chi connectivity index (χ2n) is 7.32. The molecule has 1 N–H and O–H groups in total. The van der Waals surface area contributed by atoms with E-state index in [2.05, 4.69) is 9.94 Å². The van der Waals surface area contributed by atoms with E-state index in [4.69, 9.17) is 0 Å². The lowest BCUT2D eigenvalue weighted by atomic mass is 10.1. The Kier molecular flexibility index (Phi) is 6.59. The smallest absolute Gasteiger partial charge is 0.262 e. The third-order valence-electron chi connectivity index (χ3n) is 5.13. The van der Waals surface area contributed by atoms with Crippen molar-refractivity contribution in [1.82, 2.24) is 19.6 Å². The van der Waals surface area contributed by atoms with Gasteiger partial charge < -0.3 is 4.90 Å². The first-order valence-corrected chi connectivity index (χ1v) is 11.2. The molecule has 0 fully saturated rings. The highest BCUT2D eigenvalue weighted by atomic mass is 32.2. The minimum atomic E-state index is -3.77. The molecule has 31 heavy (non-hydrogen) atoms. The van der Waals surface area contributed by atoms with E-state index in [9.17, 15) is 13.2 Å². The maximum atomic E-state index is 12.9. The van der Waals surface area contributed by atoms with Crippen LogP contribution in [0.15, 0.2) is 53.4 Å². The highest BCUT2D eigenvalue weighted by Crippen LogP contribution is 2.22. The topological polar surface area (TPSA) is 93.5 Å². The first kappa shape index (κ1) is 22.7. The molecule has 1 amide bonds. The molecule has 0 aliphatic rings. The summed E-state index contributed by atoms with van der Waals surface area (Å²) in [5.41, 5.74) is 5.31. The fourth-order valence-electron chi connectivity index (χ4n) is 3.40. The number of nitrogens with one attached hydrogen (secondary N) is 1. The van der Waals surface area contributed by atoms with Crippen LogP contribution in [0.5, 0.6) is 0 Å². The van der Waals surface area contributed by atoms with E-state index in [1.807, 2.05) is 54.6 Å². The minimum absolute atomic E-state index is 0.0137. The van der Waals surface area contributed by atoms with Gasteiger partial charge in [-0.1, -0.05) is 23.1 Å². The van der Waals surface area contributed by atoms with Crippen LogP contribution in [0.4, 0.5) is 0 Å². The van der Waals surface area contributed by atoms with Crippen LogP contribution in [0.2, 0.25) is 0 Å². The Labute approximate surface area is 182 Å². The van der Waals surface area contributed by atoms with Crippen LogP contribution in [-0.4, -0.2) is 43.2 Å². The van der Waals surface area contributed by atoms with Crippen molar-refractivity contribution in [3.63, 3.8) is 0 Å². The molecular weight excluding hydrogens is 416 g/mol. The number of para-hydroxylation sites is 1. The Morgan fingerprint density at radius 2 is 1.74 bits per heavy atom. The molecule has 3 rings (SSSR count). The van der Waals surface area contributed by atoms with E-state index in [1.165, 1.54) is 31.4 Å².